The summed E-state index contributed by atoms with van der Waals surface area (Å²) in [6.45, 7) is 1.91. The van der Waals surface area contributed by atoms with Crippen molar-refractivity contribution >= 4 is 18.2 Å². The van der Waals surface area contributed by atoms with Gasteiger partial charge in [-0.05, 0) is 48.9 Å². The lowest BCUT2D eigenvalue weighted by Crippen LogP contribution is -2.24. The predicted molar refractivity (Wildman–Crippen MR) is 82.9 cm³/mol. The number of nitrogens with one attached hydrogen (secondary N) is 1. The third-order valence-corrected chi connectivity index (χ3v) is 2.73. The lowest BCUT2D eigenvalue weighted by atomic mass is 10.1. The number of hydrazone groups is 1. The van der Waals surface area contributed by atoms with Crippen molar-refractivity contribution in [2.24, 2.45) is 10.8 Å². The van der Waals surface area contributed by atoms with Crippen molar-refractivity contribution in [2.75, 3.05) is 0 Å². The van der Waals surface area contributed by atoms with Gasteiger partial charge in [-0.1, -0.05) is 17.7 Å². The fraction of sp³-hybridized carbons (Fsp3) is 0.0625. The van der Waals surface area contributed by atoms with Crippen LogP contribution in [0.1, 0.15) is 21.5 Å². The maximum Gasteiger partial charge on any atom is 0.343 e. The van der Waals surface area contributed by atoms with Crippen LogP contribution in [0, 0.1) is 6.92 Å². The molecule has 22 heavy (non-hydrogen) atoms. The van der Waals surface area contributed by atoms with E-state index in [1.165, 1.54) is 6.21 Å². The molecule has 0 spiro atoms. The Morgan fingerprint density at radius 1 is 1.18 bits per heavy atom. The zero-order chi connectivity index (χ0) is 15.9. The third-order valence-electron chi connectivity index (χ3n) is 2.73. The molecule has 112 valence electrons. The summed E-state index contributed by atoms with van der Waals surface area (Å²) in [7, 11) is 0. The number of benzene rings is 2. The Hall–Kier alpha value is -3.15. The summed E-state index contributed by atoms with van der Waals surface area (Å²) in [5.41, 5.74) is 9.18. The molecule has 0 aliphatic carbocycles. The van der Waals surface area contributed by atoms with Crippen LogP contribution in [-0.2, 0) is 0 Å². The molecule has 2 aromatic carbocycles. The van der Waals surface area contributed by atoms with Crippen LogP contribution in [0.25, 0.3) is 0 Å². The van der Waals surface area contributed by atoms with E-state index in [-0.39, 0.29) is 0 Å². The standard InChI is InChI=1S/C16H15N3O3/c1-11-3-2-4-13(9-11)15(20)22-14-7-5-12(6-8-14)10-18-19-16(17)21/h2-10H,1H3,(H3,17,19,21). The monoisotopic (exact) mass is 297 g/mol. The van der Waals surface area contributed by atoms with E-state index in [0.29, 0.717) is 11.3 Å². The number of carbonyl (C=O) groups excluding carboxylic acids is 2. The van der Waals surface area contributed by atoms with E-state index >= 15 is 0 Å². The van der Waals surface area contributed by atoms with Crippen LogP contribution >= 0.6 is 0 Å². The van der Waals surface area contributed by atoms with Gasteiger partial charge in [-0.3, -0.25) is 0 Å². The van der Waals surface area contributed by atoms with Gasteiger partial charge in [0.2, 0.25) is 0 Å². The van der Waals surface area contributed by atoms with Crippen molar-refractivity contribution in [2.45, 2.75) is 6.92 Å². The molecule has 2 aromatic rings. The van der Waals surface area contributed by atoms with Gasteiger partial charge in [0.15, 0.2) is 0 Å². The molecule has 0 aliphatic heterocycles. The smallest absolute Gasteiger partial charge is 0.343 e. The first-order valence-corrected chi connectivity index (χ1v) is 6.52. The summed E-state index contributed by atoms with van der Waals surface area (Å²) < 4.78 is 5.28. The summed E-state index contributed by atoms with van der Waals surface area (Å²) in [5, 5.41) is 3.63. The van der Waals surface area contributed by atoms with Crippen LogP contribution in [-0.4, -0.2) is 18.2 Å². The molecule has 0 saturated carbocycles. The highest BCUT2D eigenvalue weighted by atomic mass is 16.5. The Labute approximate surface area is 127 Å². The largest absolute Gasteiger partial charge is 0.423 e. The van der Waals surface area contributed by atoms with Crippen LogP contribution in [0.2, 0.25) is 0 Å². The lowest BCUT2D eigenvalue weighted by Gasteiger charge is -2.05. The molecular weight excluding hydrogens is 282 g/mol. The van der Waals surface area contributed by atoms with Gasteiger partial charge in [0.05, 0.1) is 11.8 Å². The van der Waals surface area contributed by atoms with E-state index in [1.807, 2.05) is 13.0 Å². The molecule has 0 radical (unpaired) electrons. The zero-order valence-electron chi connectivity index (χ0n) is 11.9. The third kappa shape index (κ3) is 4.45. The first-order chi connectivity index (χ1) is 10.5. The highest BCUT2D eigenvalue weighted by molar-refractivity contribution is 5.91. The van der Waals surface area contributed by atoms with Gasteiger partial charge in [-0.15, -0.1) is 0 Å². The number of rotatable bonds is 4. The van der Waals surface area contributed by atoms with Gasteiger partial charge < -0.3 is 10.5 Å². The summed E-state index contributed by atoms with van der Waals surface area (Å²) in [6.07, 6.45) is 1.43. The number of urea groups is 1. The zero-order valence-corrected chi connectivity index (χ0v) is 11.9. The number of hydrogen-bond donors (Lipinski definition) is 2. The Morgan fingerprint density at radius 2 is 1.91 bits per heavy atom. The van der Waals surface area contributed by atoms with Gasteiger partial charge >= 0.3 is 12.0 Å². The summed E-state index contributed by atoms with van der Waals surface area (Å²) in [6, 6.07) is 13.1. The van der Waals surface area contributed by atoms with E-state index in [4.69, 9.17) is 10.5 Å². The molecule has 0 fully saturated rings. The topological polar surface area (TPSA) is 93.8 Å². The SMILES string of the molecule is Cc1cccc(C(=O)Oc2ccc(C=NNC(N)=O)cc2)c1. The fourth-order valence-corrected chi connectivity index (χ4v) is 1.73. The maximum atomic E-state index is 12.0. The molecule has 6 heteroatoms. The van der Waals surface area contributed by atoms with Crippen molar-refractivity contribution in [1.29, 1.82) is 0 Å². The van der Waals surface area contributed by atoms with E-state index in [1.54, 1.807) is 42.5 Å². The minimum atomic E-state index is -0.736. The Kier molecular flexibility index (Phi) is 4.87. The Balaban J connectivity index is 2.00. The van der Waals surface area contributed by atoms with Crippen molar-refractivity contribution in [3.05, 3.63) is 65.2 Å². The first-order valence-electron chi connectivity index (χ1n) is 6.52. The lowest BCUT2D eigenvalue weighted by molar-refractivity contribution is 0.0734. The average Bonchev–Trinajstić information content (AvgIpc) is 2.48. The molecule has 0 bridgehead atoms. The quantitative estimate of drug-likeness (QED) is 0.392. The van der Waals surface area contributed by atoms with E-state index in [0.717, 1.165) is 11.1 Å². The molecular formula is C16H15N3O3. The van der Waals surface area contributed by atoms with Gasteiger partial charge in [0, 0.05) is 0 Å². The number of ether oxygens (including phenoxy) is 1. The van der Waals surface area contributed by atoms with Crippen molar-refractivity contribution in [1.82, 2.24) is 5.43 Å². The van der Waals surface area contributed by atoms with Gasteiger partial charge in [0.25, 0.3) is 0 Å². The highest BCUT2D eigenvalue weighted by Gasteiger charge is 2.08. The first kappa shape index (κ1) is 15.2. The molecule has 0 aromatic heterocycles. The predicted octanol–water partition coefficient (Wildman–Crippen LogP) is 2.22. The normalized spacial score (nSPS) is 10.4. The van der Waals surface area contributed by atoms with Gasteiger partial charge in [-0.25, -0.2) is 15.0 Å². The minimum Gasteiger partial charge on any atom is -0.423 e. The minimum absolute atomic E-state index is 0.416. The second-order valence-electron chi connectivity index (χ2n) is 4.56. The van der Waals surface area contributed by atoms with Crippen LogP contribution < -0.4 is 15.9 Å². The maximum absolute atomic E-state index is 12.0. The van der Waals surface area contributed by atoms with Crippen molar-refractivity contribution < 1.29 is 14.3 Å². The number of aryl methyl sites for hydroxylation is 1. The molecule has 0 aliphatic rings. The van der Waals surface area contributed by atoms with Crippen molar-refractivity contribution in [3.63, 3.8) is 0 Å². The highest BCUT2D eigenvalue weighted by Crippen LogP contribution is 2.14. The second-order valence-corrected chi connectivity index (χ2v) is 4.56. The molecule has 0 saturated heterocycles. The molecule has 3 N–H and O–H groups in total. The summed E-state index contributed by atoms with van der Waals surface area (Å²) in [4.78, 5) is 22.5. The average molecular weight is 297 g/mol. The van der Waals surface area contributed by atoms with E-state index in [2.05, 4.69) is 10.5 Å². The summed E-state index contributed by atoms with van der Waals surface area (Å²) >= 11 is 0. The van der Waals surface area contributed by atoms with Gasteiger partial charge in [-0.2, -0.15) is 5.10 Å². The number of esters is 1. The number of primary amides is 1. The molecule has 0 unspecified atom stereocenters. The molecule has 2 rings (SSSR count). The second kappa shape index (κ2) is 7.03. The van der Waals surface area contributed by atoms with Gasteiger partial charge in [0.1, 0.15) is 5.75 Å². The van der Waals surface area contributed by atoms with E-state index < -0.39 is 12.0 Å². The Morgan fingerprint density at radius 3 is 2.55 bits per heavy atom. The van der Waals surface area contributed by atoms with Crippen LogP contribution in [0.15, 0.2) is 53.6 Å². The number of hydrogen-bond acceptors (Lipinski definition) is 4. The van der Waals surface area contributed by atoms with E-state index in [9.17, 15) is 9.59 Å². The summed E-state index contributed by atoms with van der Waals surface area (Å²) in [5.74, 6) is 0.00651. The number of carbonyl (C=O) groups is 2. The van der Waals surface area contributed by atoms with Crippen LogP contribution in [0.3, 0.4) is 0 Å². The van der Waals surface area contributed by atoms with Crippen molar-refractivity contribution in [3.8, 4) is 5.75 Å². The molecule has 6 nitrogen and oxygen atoms in total. The number of nitrogens with zero attached hydrogens (tertiary/aromatic N) is 1. The van der Waals surface area contributed by atoms with Crippen LogP contribution in [0.5, 0.6) is 5.75 Å². The molecule has 2 amide bonds. The fourth-order valence-electron chi connectivity index (χ4n) is 1.73. The number of amides is 2. The molecule has 0 atom stereocenters. The van der Waals surface area contributed by atoms with Crippen LogP contribution in [0.4, 0.5) is 4.79 Å². The molecule has 0 heterocycles. The Bertz CT molecular complexity index is 709. The number of nitrogens with two attached hydrogens (primary N) is 1.